The zero-order valence-electron chi connectivity index (χ0n) is 19.8. The van der Waals surface area contributed by atoms with Crippen molar-refractivity contribution < 1.29 is 13.2 Å². The standard InChI is InChI=1S/C26H35ClN2O3S/c1-25(2,3)18-33(30,31)29-15-16-32-22-10-5-19-11-14-28-24(23(19)17-22)26(12-4-13-26)20-6-8-21(27)9-7-20/h5-10,17,24,28-29H,4,11-16,18H2,1-3H3. The van der Waals surface area contributed by atoms with Crippen molar-refractivity contribution in [2.75, 3.05) is 25.4 Å². The summed E-state index contributed by atoms with van der Waals surface area (Å²) in [5.41, 5.74) is 3.78. The lowest BCUT2D eigenvalue weighted by atomic mass is 9.58. The van der Waals surface area contributed by atoms with Crippen LogP contribution in [0.1, 0.15) is 62.8 Å². The van der Waals surface area contributed by atoms with Crippen molar-refractivity contribution in [1.29, 1.82) is 0 Å². The first-order valence-electron chi connectivity index (χ1n) is 11.8. The minimum atomic E-state index is -3.32. The summed E-state index contributed by atoms with van der Waals surface area (Å²) in [6, 6.07) is 14.8. The van der Waals surface area contributed by atoms with E-state index < -0.39 is 10.0 Å². The largest absolute Gasteiger partial charge is 0.492 e. The van der Waals surface area contributed by atoms with E-state index >= 15 is 0 Å². The predicted molar refractivity (Wildman–Crippen MR) is 135 cm³/mol. The molecule has 1 unspecified atom stereocenters. The predicted octanol–water partition coefficient (Wildman–Crippen LogP) is 4.99. The molecule has 2 aliphatic rings. The van der Waals surface area contributed by atoms with Crippen LogP contribution in [0.5, 0.6) is 5.75 Å². The van der Waals surface area contributed by atoms with Gasteiger partial charge >= 0.3 is 0 Å². The van der Waals surface area contributed by atoms with Gasteiger partial charge in [-0.05, 0) is 72.2 Å². The number of hydrogen-bond acceptors (Lipinski definition) is 4. The number of halogens is 1. The van der Waals surface area contributed by atoms with Gasteiger partial charge in [0, 0.05) is 23.0 Å². The number of fused-ring (bicyclic) bond motifs is 1. The fourth-order valence-electron chi connectivity index (χ4n) is 5.18. The van der Waals surface area contributed by atoms with E-state index in [-0.39, 0.29) is 29.2 Å². The molecular formula is C26H35ClN2O3S. The van der Waals surface area contributed by atoms with E-state index in [1.54, 1.807) is 0 Å². The van der Waals surface area contributed by atoms with Crippen molar-refractivity contribution in [1.82, 2.24) is 10.0 Å². The molecule has 2 N–H and O–H groups in total. The van der Waals surface area contributed by atoms with E-state index in [0.717, 1.165) is 36.6 Å². The zero-order valence-corrected chi connectivity index (χ0v) is 21.4. The van der Waals surface area contributed by atoms with Gasteiger partial charge in [-0.15, -0.1) is 0 Å². The molecule has 0 aromatic heterocycles. The monoisotopic (exact) mass is 490 g/mol. The van der Waals surface area contributed by atoms with Crippen molar-refractivity contribution in [3.05, 3.63) is 64.2 Å². The molecule has 5 nitrogen and oxygen atoms in total. The Morgan fingerprint density at radius 2 is 1.88 bits per heavy atom. The van der Waals surface area contributed by atoms with E-state index in [0.29, 0.717) is 6.61 Å². The Morgan fingerprint density at radius 3 is 2.52 bits per heavy atom. The van der Waals surface area contributed by atoms with Crippen LogP contribution in [0.25, 0.3) is 0 Å². The lowest BCUT2D eigenvalue weighted by molar-refractivity contribution is 0.164. The third kappa shape index (κ3) is 5.73. The van der Waals surface area contributed by atoms with E-state index in [9.17, 15) is 8.42 Å². The summed E-state index contributed by atoms with van der Waals surface area (Å²) >= 11 is 6.16. The summed E-state index contributed by atoms with van der Waals surface area (Å²) in [5.74, 6) is 0.877. The molecule has 7 heteroatoms. The Kier molecular flexibility index (Phi) is 7.11. The molecule has 1 aliphatic heterocycles. The number of benzene rings is 2. The molecule has 1 heterocycles. The van der Waals surface area contributed by atoms with Crippen molar-refractivity contribution in [3.63, 3.8) is 0 Å². The number of nitrogens with one attached hydrogen (secondary N) is 2. The van der Waals surface area contributed by atoms with Crippen LogP contribution in [0.15, 0.2) is 42.5 Å². The van der Waals surface area contributed by atoms with Crippen LogP contribution in [0, 0.1) is 5.41 Å². The minimum Gasteiger partial charge on any atom is -0.492 e. The SMILES string of the molecule is CC(C)(C)CS(=O)(=O)NCCOc1ccc2c(c1)C(C1(c3ccc(Cl)cc3)CCC1)NCC2. The normalized spacial score (nSPS) is 20.1. The van der Waals surface area contributed by atoms with Gasteiger partial charge in [-0.2, -0.15) is 0 Å². The molecule has 0 spiro atoms. The first-order valence-corrected chi connectivity index (χ1v) is 13.8. The van der Waals surface area contributed by atoms with Gasteiger partial charge in [0.05, 0.1) is 5.75 Å². The molecule has 1 aliphatic carbocycles. The Hall–Kier alpha value is -1.60. The van der Waals surface area contributed by atoms with Gasteiger partial charge < -0.3 is 10.1 Å². The average Bonchev–Trinajstić information content (AvgIpc) is 2.70. The maximum absolute atomic E-state index is 12.2. The van der Waals surface area contributed by atoms with Crippen LogP contribution >= 0.6 is 11.6 Å². The third-order valence-electron chi connectivity index (χ3n) is 6.70. The smallest absolute Gasteiger partial charge is 0.212 e. The van der Waals surface area contributed by atoms with Crippen molar-refractivity contribution >= 4 is 21.6 Å². The minimum absolute atomic E-state index is 0.0704. The second-order valence-corrected chi connectivity index (χ2v) is 12.8. The highest BCUT2D eigenvalue weighted by atomic mass is 35.5. The van der Waals surface area contributed by atoms with E-state index in [2.05, 4.69) is 34.3 Å². The highest BCUT2D eigenvalue weighted by Crippen LogP contribution is 2.53. The number of ether oxygens (including phenoxy) is 1. The second-order valence-electron chi connectivity index (χ2n) is 10.6. The molecule has 0 amide bonds. The summed E-state index contributed by atoms with van der Waals surface area (Å²) in [6.07, 6.45) is 4.51. The zero-order chi connectivity index (χ0) is 23.7. The molecule has 1 atom stereocenters. The molecular weight excluding hydrogens is 456 g/mol. The molecule has 1 fully saturated rings. The topological polar surface area (TPSA) is 67.4 Å². The van der Waals surface area contributed by atoms with Crippen LogP contribution < -0.4 is 14.8 Å². The molecule has 0 saturated heterocycles. The molecule has 33 heavy (non-hydrogen) atoms. The fraction of sp³-hybridized carbons (Fsp3) is 0.538. The quantitative estimate of drug-likeness (QED) is 0.511. The van der Waals surface area contributed by atoms with Gasteiger partial charge in [0.25, 0.3) is 0 Å². The maximum atomic E-state index is 12.2. The van der Waals surface area contributed by atoms with Gasteiger partial charge in [-0.1, -0.05) is 57.0 Å². The fourth-order valence-corrected chi connectivity index (χ4v) is 6.95. The lowest BCUT2D eigenvalue weighted by Crippen LogP contribution is -2.49. The lowest BCUT2D eigenvalue weighted by Gasteiger charge is -2.50. The summed E-state index contributed by atoms with van der Waals surface area (Å²) in [6.45, 7) is 7.26. The molecule has 4 rings (SSSR count). The molecule has 0 bridgehead atoms. The second kappa shape index (κ2) is 9.57. The van der Waals surface area contributed by atoms with E-state index in [1.807, 2.05) is 39.0 Å². The van der Waals surface area contributed by atoms with E-state index in [4.69, 9.17) is 16.3 Å². The van der Waals surface area contributed by atoms with Gasteiger partial charge in [-0.25, -0.2) is 13.1 Å². The van der Waals surface area contributed by atoms with Crippen LogP contribution in [-0.4, -0.2) is 33.9 Å². The molecule has 2 aromatic carbocycles. The van der Waals surface area contributed by atoms with Gasteiger partial charge in [-0.3, -0.25) is 0 Å². The first kappa shape index (κ1) is 24.5. The van der Waals surface area contributed by atoms with Gasteiger partial charge in [0.1, 0.15) is 12.4 Å². The molecule has 2 aromatic rings. The third-order valence-corrected chi connectivity index (χ3v) is 8.85. The summed E-state index contributed by atoms with van der Waals surface area (Å²) in [4.78, 5) is 0. The first-order chi connectivity index (χ1) is 15.6. The van der Waals surface area contributed by atoms with Gasteiger partial charge in [0.2, 0.25) is 10.0 Å². The summed E-state index contributed by atoms with van der Waals surface area (Å²) < 4.78 is 33.0. The average molecular weight is 491 g/mol. The number of hydrogen-bond donors (Lipinski definition) is 2. The van der Waals surface area contributed by atoms with Crippen LogP contribution in [0.2, 0.25) is 5.02 Å². The van der Waals surface area contributed by atoms with Gasteiger partial charge in [0.15, 0.2) is 0 Å². The number of rotatable bonds is 8. The highest BCUT2D eigenvalue weighted by Gasteiger charge is 2.47. The van der Waals surface area contributed by atoms with Crippen LogP contribution in [0.4, 0.5) is 0 Å². The van der Waals surface area contributed by atoms with Crippen LogP contribution in [0.3, 0.4) is 0 Å². The number of sulfonamides is 1. The highest BCUT2D eigenvalue weighted by molar-refractivity contribution is 7.89. The summed E-state index contributed by atoms with van der Waals surface area (Å²) in [5, 5.41) is 4.55. The van der Waals surface area contributed by atoms with Crippen molar-refractivity contribution in [3.8, 4) is 5.75 Å². The summed E-state index contributed by atoms with van der Waals surface area (Å²) in [7, 11) is -3.32. The maximum Gasteiger partial charge on any atom is 0.212 e. The molecule has 0 radical (unpaired) electrons. The Bertz CT molecular complexity index is 1070. The Morgan fingerprint density at radius 1 is 1.15 bits per heavy atom. The molecule has 180 valence electrons. The van der Waals surface area contributed by atoms with E-state index in [1.165, 1.54) is 23.1 Å². The van der Waals surface area contributed by atoms with Crippen molar-refractivity contribution in [2.45, 2.75) is 57.9 Å². The molecule has 1 saturated carbocycles. The Labute approximate surface area is 203 Å². The van der Waals surface area contributed by atoms with Crippen LogP contribution in [-0.2, 0) is 21.9 Å². The van der Waals surface area contributed by atoms with Crippen molar-refractivity contribution in [2.24, 2.45) is 5.41 Å². The Balaban J connectivity index is 1.47.